The van der Waals surface area contributed by atoms with Crippen molar-refractivity contribution in [2.24, 2.45) is 0 Å². The first-order valence-electron chi connectivity index (χ1n) is 7.57. The smallest absolute Gasteiger partial charge is 0.0606 e. The molecule has 0 aromatic heterocycles. The number of likely N-dealkylation sites (tertiary alicyclic amines) is 1. The van der Waals surface area contributed by atoms with E-state index in [1.807, 2.05) is 0 Å². The van der Waals surface area contributed by atoms with Crippen LogP contribution < -0.4 is 0 Å². The van der Waals surface area contributed by atoms with Gasteiger partial charge in [-0.3, -0.25) is 0 Å². The molecule has 0 aliphatic carbocycles. The van der Waals surface area contributed by atoms with Gasteiger partial charge in [-0.1, -0.05) is 13.8 Å². The van der Waals surface area contributed by atoms with Crippen molar-refractivity contribution in [3.8, 4) is 0 Å². The molecule has 18 heavy (non-hydrogen) atoms. The van der Waals surface area contributed by atoms with Gasteiger partial charge in [0.1, 0.15) is 0 Å². The molecule has 0 atom stereocenters. The van der Waals surface area contributed by atoms with Crippen LogP contribution in [0.3, 0.4) is 0 Å². The molecule has 0 unspecified atom stereocenters. The van der Waals surface area contributed by atoms with E-state index in [9.17, 15) is 0 Å². The topological polar surface area (TPSA) is 15.7 Å². The van der Waals surface area contributed by atoms with E-state index in [-0.39, 0.29) is 5.60 Å². The maximum Gasteiger partial charge on any atom is 0.0606 e. The summed E-state index contributed by atoms with van der Waals surface area (Å²) in [6.07, 6.45) is 2.85. The number of piperidine rings is 1. The van der Waals surface area contributed by atoms with Gasteiger partial charge in [-0.15, -0.1) is 0 Å². The quantitative estimate of drug-likeness (QED) is 0.726. The van der Waals surface area contributed by atoms with Gasteiger partial charge in [-0.2, -0.15) is 0 Å². The minimum Gasteiger partial charge on any atom is -0.373 e. The molecule has 1 rings (SSSR count). The standard InChI is InChI=1S/C15H32N2O/c1-6-16(7-2)12-13-17-10-8-14(9-11-17)18-15(3,4)5/h14H,6-13H2,1-5H3. The minimum atomic E-state index is 0.00799. The van der Waals surface area contributed by atoms with Gasteiger partial charge in [0.15, 0.2) is 0 Å². The molecule has 1 saturated heterocycles. The maximum absolute atomic E-state index is 6.06. The Morgan fingerprint density at radius 2 is 1.67 bits per heavy atom. The minimum absolute atomic E-state index is 0.00799. The highest BCUT2D eigenvalue weighted by Crippen LogP contribution is 2.19. The lowest BCUT2D eigenvalue weighted by Gasteiger charge is -2.36. The Balaban J connectivity index is 2.19. The van der Waals surface area contributed by atoms with Gasteiger partial charge in [-0.25, -0.2) is 0 Å². The molecule has 0 aromatic rings. The van der Waals surface area contributed by atoms with Crippen molar-refractivity contribution in [3.63, 3.8) is 0 Å². The van der Waals surface area contributed by atoms with Gasteiger partial charge in [-0.05, 0) is 46.7 Å². The average molecular weight is 256 g/mol. The molecule has 108 valence electrons. The van der Waals surface area contributed by atoms with E-state index in [2.05, 4.69) is 44.4 Å². The SMILES string of the molecule is CCN(CC)CCN1CCC(OC(C)(C)C)CC1. The van der Waals surface area contributed by atoms with Crippen molar-refractivity contribution in [1.82, 2.24) is 9.80 Å². The highest BCUT2D eigenvalue weighted by Gasteiger charge is 2.23. The zero-order chi connectivity index (χ0) is 13.6. The first-order valence-corrected chi connectivity index (χ1v) is 7.57. The van der Waals surface area contributed by atoms with Gasteiger partial charge in [0.25, 0.3) is 0 Å². The fraction of sp³-hybridized carbons (Fsp3) is 1.00. The molecular weight excluding hydrogens is 224 g/mol. The van der Waals surface area contributed by atoms with Crippen LogP contribution in [0.25, 0.3) is 0 Å². The van der Waals surface area contributed by atoms with Gasteiger partial charge >= 0.3 is 0 Å². The van der Waals surface area contributed by atoms with E-state index in [1.165, 1.54) is 52.1 Å². The number of ether oxygens (including phenoxy) is 1. The van der Waals surface area contributed by atoms with Crippen LogP contribution in [-0.4, -0.2) is 60.8 Å². The molecule has 0 radical (unpaired) electrons. The average Bonchev–Trinajstić information content (AvgIpc) is 2.30. The van der Waals surface area contributed by atoms with Crippen LogP contribution in [0.5, 0.6) is 0 Å². The number of hydrogen-bond acceptors (Lipinski definition) is 3. The molecule has 1 aliphatic heterocycles. The fourth-order valence-electron chi connectivity index (χ4n) is 2.57. The van der Waals surface area contributed by atoms with Crippen molar-refractivity contribution < 1.29 is 4.74 Å². The summed E-state index contributed by atoms with van der Waals surface area (Å²) in [6.45, 7) is 18.1. The van der Waals surface area contributed by atoms with E-state index >= 15 is 0 Å². The second-order valence-corrected chi connectivity index (χ2v) is 6.30. The predicted molar refractivity (Wildman–Crippen MR) is 78.1 cm³/mol. The Morgan fingerprint density at radius 1 is 1.11 bits per heavy atom. The Kier molecular flexibility index (Phi) is 6.61. The van der Waals surface area contributed by atoms with E-state index in [0.717, 1.165) is 0 Å². The molecule has 1 aliphatic rings. The molecule has 0 bridgehead atoms. The van der Waals surface area contributed by atoms with E-state index in [1.54, 1.807) is 0 Å². The Morgan fingerprint density at radius 3 is 2.11 bits per heavy atom. The molecule has 0 aromatic carbocycles. The van der Waals surface area contributed by atoms with Crippen LogP contribution in [0.15, 0.2) is 0 Å². The highest BCUT2D eigenvalue weighted by molar-refractivity contribution is 4.76. The molecule has 0 spiro atoms. The number of likely N-dealkylation sites (N-methyl/N-ethyl adjacent to an activating group) is 1. The molecule has 3 heteroatoms. The van der Waals surface area contributed by atoms with Crippen molar-refractivity contribution >= 4 is 0 Å². The lowest BCUT2D eigenvalue weighted by molar-refractivity contribution is -0.0823. The van der Waals surface area contributed by atoms with Crippen LogP contribution >= 0.6 is 0 Å². The largest absolute Gasteiger partial charge is 0.373 e. The number of hydrogen-bond donors (Lipinski definition) is 0. The summed E-state index contributed by atoms with van der Waals surface area (Å²) >= 11 is 0. The number of rotatable bonds is 6. The van der Waals surface area contributed by atoms with Crippen LogP contribution in [0.2, 0.25) is 0 Å². The summed E-state index contributed by atoms with van der Waals surface area (Å²) < 4.78 is 6.06. The summed E-state index contributed by atoms with van der Waals surface area (Å²) in [5.74, 6) is 0. The van der Waals surface area contributed by atoms with Crippen molar-refractivity contribution in [1.29, 1.82) is 0 Å². The van der Waals surface area contributed by atoms with Crippen LogP contribution in [0, 0.1) is 0 Å². The molecule has 0 saturated carbocycles. The first kappa shape index (κ1) is 15.9. The van der Waals surface area contributed by atoms with Crippen molar-refractivity contribution in [2.45, 2.75) is 59.2 Å². The van der Waals surface area contributed by atoms with Crippen molar-refractivity contribution in [3.05, 3.63) is 0 Å². The van der Waals surface area contributed by atoms with Gasteiger partial charge in [0, 0.05) is 26.2 Å². The third-order valence-corrected chi connectivity index (χ3v) is 3.68. The molecular formula is C15H32N2O. The summed E-state index contributed by atoms with van der Waals surface area (Å²) in [7, 11) is 0. The summed E-state index contributed by atoms with van der Waals surface area (Å²) in [5, 5.41) is 0. The zero-order valence-electron chi connectivity index (χ0n) is 13.0. The van der Waals surface area contributed by atoms with Crippen LogP contribution in [0.1, 0.15) is 47.5 Å². The maximum atomic E-state index is 6.06. The van der Waals surface area contributed by atoms with Gasteiger partial charge in [0.05, 0.1) is 11.7 Å². The van der Waals surface area contributed by atoms with Gasteiger partial charge < -0.3 is 14.5 Å². The molecule has 0 N–H and O–H groups in total. The second-order valence-electron chi connectivity index (χ2n) is 6.30. The van der Waals surface area contributed by atoms with E-state index < -0.39 is 0 Å². The third kappa shape index (κ3) is 6.17. The van der Waals surface area contributed by atoms with Crippen LogP contribution in [0.4, 0.5) is 0 Å². The lowest BCUT2D eigenvalue weighted by Crippen LogP contribution is -2.43. The summed E-state index contributed by atoms with van der Waals surface area (Å²) in [4.78, 5) is 5.08. The van der Waals surface area contributed by atoms with Crippen molar-refractivity contribution in [2.75, 3.05) is 39.3 Å². The first-order chi connectivity index (χ1) is 8.44. The lowest BCUT2D eigenvalue weighted by atomic mass is 10.1. The molecule has 3 nitrogen and oxygen atoms in total. The Labute approximate surface area is 113 Å². The summed E-state index contributed by atoms with van der Waals surface area (Å²) in [6, 6.07) is 0. The monoisotopic (exact) mass is 256 g/mol. The third-order valence-electron chi connectivity index (χ3n) is 3.68. The molecule has 0 amide bonds. The fourth-order valence-corrected chi connectivity index (χ4v) is 2.57. The number of nitrogens with zero attached hydrogens (tertiary/aromatic N) is 2. The Hall–Kier alpha value is -0.120. The Bertz CT molecular complexity index is 213. The highest BCUT2D eigenvalue weighted by atomic mass is 16.5. The van der Waals surface area contributed by atoms with E-state index in [0.29, 0.717) is 6.10 Å². The second kappa shape index (κ2) is 7.46. The van der Waals surface area contributed by atoms with E-state index in [4.69, 9.17) is 4.74 Å². The molecule has 1 fully saturated rings. The zero-order valence-corrected chi connectivity index (χ0v) is 13.0. The normalized spacial score (nSPS) is 19.7. The molecule has 1 heterocycles. The van der Waals surface area contributed by atoms with Crippen LogP contribution in [-0.2, 0) is 4.74 Å². The summed E-state index contributed by atoms with van der Waals surface area (Å²) in [5.41, 5.74) is 0.00799. The predicted octanol–water partition coefficient (Wildman–Crippen LogP) is 2.61. The van der Waals surface area contributed by atoms with Gasteiger partial charge in [0.2, 0.25) is 0 Å².